The fraction of sp³-hybridized carbons (Fsp3) is 0.500. The minimum atomic E-state index is -0.209. The summed E-state index contributed by atoms with van der Waals surface area (Å²) in [7, 11) is 0. The summed E-state index contributed by atoms with van der Waals surface area (Å²) >= 11 is 0. The van der Waals surface area contributed by atoms with E-state index >= 15 is 0 Å². The van der Waals surface area contributed by atoms with Crippen LogP contribution in [0.5, 0.6) is 0 Å². The topological polar surface area (TPSA) is 44.4 Å². The van der Waals surface area contributed by atoms with Gasteiger partial charge in [-0.1, -0.05) is 18.6 Å². The minimum Gasteiger partial charge on any atom is -0.317 e. The van der Waals surface area contributed by atoms with Gasteiger partial charge in [0.05, 0.1) is 5.69 Å². The number of carbonyl (C=O) groups excluding carboxylic acids is 1. The van der Waals surface area contributed by atoms with Crippen LogP contribution in [-0.4, -0.2) is 11.7 Å². The van der Waals surface area contributed by atoms with Gasteiger partial charge in [-0.3, -0.25) is 0 Å². The Morgan fingerprint density at radius 2 is 2.00 bits per heavy atom. The van der Waals surface area contributed by atoms with Crippen molar-refractivity contribution in [2.75, 3.05) is 5.01 Å². The van der Waals surface area contributed by atoms with Gasteiger partial charge in [0.2, 0.25) is 0 Å². The molecule has 2 fully saturated rings. The first-order valence-corrected chi connectivity index (χ1v) is 6.65. The molecule has 1 aliphatic carbocycles. The number of rotatable bonds is 1. The number of urea groups is 1. The molecule has 1 saturated carbocycles. The van der Waals surface area contributed by atoms with E-state index < -0.39 is 0 Å². The van der Waals surface area contributed by atoms with Crippen LogP contribution in [0.2, 0.25) is 0 Å². The first kappa shape index (κ1) is 11.5. The molecule has 1 heterocycles. The Hall–Kier alpha value is -1.55. The summed E-state index contributed by atoms with van der Waals surface area (Å²) < 4.78 is 0. The van der Waals surface area contributed by atoms with E-state index in [1.165, 1.54) is 19.3 Å². The fourth-order valence-electron chi connectivity index (χ4n) is 2.89. The van der Waals surface area contributed by atoms with Crippen LogP contribution in [0.1, 0.15) is 37.7 Å². The lowest BCUT2D eigenvalue weighted by Gasteiger charge is -2.33. The number of hydrazine groups is 1. The summed E-state index contributed by atoms with van der Waals surface area (Å²) in [5.74, 6) is 0. The zero-order valence-electron chi connectivity index (χ0n) is 10.7. The van der Waals surface area contributed by atoms with Crippen molar-refractivity contribution in [2.24, 2.45) is 0 Å². The third-order valence-electron chi connectivity index (χ3n) is 3.84. The number of carbonyl (C=O) groups is 1. The summed E-state index contributed by atoms with van der Waals surface area (Å²) in [6, 6.07) is 7.96. The number of benzene rings is 1. The number of hydrogen-bond donors (Lipinski definition) is 2. The van der Waals surface area contributed by atoms with Gasteiger partial charge in [0, 0.05) is 0 Å². The van der Waals surface area contributed by atoms with E-state index in [0.29, 0.717) is 0 Å². The first-order chi connectivity index (χ1) is 8.69. The molecule has 4 heteroatoms. The normalized spacial score (nSPS) is 22.3. The number of anilines is 1. The molecule has 2 N–H and O–H groups in total. The molecule has 4 nitrogen and oxygen atoms in total. The zero-order valence-corrected chi connectivity index (χ0v) is 10.7. The third kappa shape index (κ3) is 1.97. The molecule has 1 aromatic rings. The average molecular weight is 245 g/mol. The SMILES string of the molecule is Cc1cccc(N2NC3(CCCCC3)NC2=O)c1. The van der Waals surface area contributed by atoms with Gasteiger partial charge in [-0.05, 0) is 50.3 Å². The quantitative estimate of drug-likeness (QED) is 0.799. The minimum absolute atomic E-state index is 0.0394. The second-order valence-electron chi connectivity index (χ2n) is 5.36. The van der Waals surface area contributed by atoms with Crippen LogP contribution >= 0.6 is 0 Å². The lowest BCUT2D eigenvalue weighted by molar-refractivity contribution is 0.222. The molecule has 96 valence electrons. The largest absolute Gasteiger partial charge is 0.338 e. The molecule has 2 amide bonds. The van der Waals surface area contributed by atoms with Crippen molar-refractivity contribution >= 4 is 11.7 Å². The Balaban J connectivity index is 1.84. The van der Waals surface area contributed by atoms with Crippen molar-refractivity contribution in [2.45, 2.75) is 44.7 Å². The van der Waals surface area contributed by atoms with Gasteiger partial charge < -0.3 is 5.32 Å². The van der Waals surface area contributed by atoms with E-state index in [-0.39, 0.29) is 11.7 Å². The molecule has 0 unspecified atom stereocenters. The maximum atomic E-state index is 12.1. The van der Waals surface area contributed by atoms with Gasteiger partial charge in [0.1, 0.15) is 5.66 Å². The highest BCUT2D eigenvalue weighted by Crippen LogP contribution is 2.31. The smallest absolute Gasteiger partial charge is 0.317 e. The van der Waals surface area contributed by atoms with E-state index in [9.17, 15) is 4.79 Å². The van der Waals surface area contributed by atoms with E-state index in [4.69, 9.17) is 0 Å². The maximum Gasteiger partial charge on any atom is 0.338 e. The molecule has 0 radical (unpaired) electrons. The van der Waals surface area contributed by atoms with Gasteiger partial charge in [0.25, 0.3) is 0 Å². The van der Waals surface area contributed by atoms with E-state index in [1.807, 2.05) is 31.2 Å². The molecule has 18 heavy (non-hydrogen) atoms. The number of hydrogen-bond acceptors (Lipinski definition) is 2. The summed E-state index contributed by atoms with van der Waals surface area (Å²) in [6.45, 7) is 2.04. The summed E-state index contributed by atoms with van der Waals surface area (Å²) in [5, 5.41) is 4.76. The molecule has 2 aliphatic rings. The maximum absolute atomic E-state index is 12.1. The van der Waals surface area contributed by atoms with Crippen LogP contribution in [0.3, 0.4) is 0 Å². The van der Waals surface area contributed by atoms with Crippen LogP contribution in [-0.2, 0) is 0 Å². The first-order valence-electron chi connectivity index (χ1n) is 6.65. The zero-order chi connectivity index (χ0) is 12.6. The molecule has 0 atom stereocenters. The highest BCUT2D eigenvalue weighted by molar-refractivity contribution is 5.93. The predicted octanol–water partition coefficient (Wildman–Crippen LogP) is 2.69. The molecule has 0 bridgehead atoms. The second-order valence-corrected chi connectivity index (χ2v) is 5.36. The Morgan fingerprint density at radius 3 is 2.72 bits per heavy atom. The number of aryl methyl sites for hydroxylation is 1. The number of amides is 2. The van der Waals surface area contributed by atoms with Crippen LogP contribution in [0.25, 0.3) is 0 Å². The van der Waals surface area contributed by atoms with Crippen molar-refractivity contribution in [3.63, 3.8) is 0 Å². The van der Waals surface area contributed by atoms with Crippen LogP contribution < -0.4 is 15.8 Å². The van der Waals surface area contributed by atoms with Crippen molar-refractivity contribution in [1.29, 1.82) is 0 Å². The Kier molecular flexibility index (Phi) is 2.74. The van der Waals surface area contributed by atoms with Gasteiger partial charge >= 0.3 is 6.03 Å². The second kappa shape index (κ2) is 4.28. The highest BCUT2D eigenvalue weighted by atomic mass is 16.2. The van der Waals surface area contributed by atoms with Crippen molar-refractivity contribution in [3.8, 4) is 0 Å². The molecule has 1 aromatic carbocycles. The van der Waals surface area contributed by atoms with Gasteiger partial charge in [-0.2, -0.15) is 0 Å². The van der Waals surface area contributed by atoms with Crippen LogP contribution in [0, 0.1) is 6.92 Å². The van der Waals surface area contributed by atoms with Gasteiger partial charge in [-0.25, -0.2) is 15.2 Å². The molecule has 0 aromatic heterocycles. The van der Waals surface area contributed by atoms with Crippen molar-refractivity contribution in [3.05, 3.63) is 29.8 Å². The fourth-order valence-corrected chi connectivity index (χ4v) is 2.89. The monoisotopic (exact) mass is 245 g/mol. The van der Waals surface area contributed by atoms with Crippen LogP contribution in [0.15, 0.2) is 24.3 Å². The Morgan fingerprint density at radius 1 is 1.22 bits per heavy atom. The van der Waals surface area contributed by atoms with Crippen molar-refractivity contribution in [1.82, 2.24) is 10.7 Å². The number of nitrogens with zero attached hydrogens (tertiary/aromatic N) is 1. The molecule has 1 saturated heterocycles. The summed E-state index contributed by atoms with van der Waals surface area (Å²) in [5.41, 5.74) is 5.23. The van der Waals surface area contributed by atoms with E-state index in [0.717, 1.165) is 24.1 Å². The lowest BCUT2D eigenvalue weighted by Crippen LogP contribution is -2.52. The standard InChI is InChI=1S/C14H19N3O/c1-11-6-5-7-12(10-11)17-13(18)15-14(16-17)8-3-2-4-9-14/h5-7,10,16H,2-4,8-9H2,1H3,(H,15,18). The molecule has 3 rings (SSSR count). The molecule has 1 aliphatic heterocycles. The van der Waals surface area contributed by atoms with Crippen LogP contribution in [0.4, 0.5) is 10.5 Å². The average Bonchev–Trinajstić information content (AvgIpc) is 2.67. The summed E-state index contributed by atoms with van der Waals surface area (Å²) in [4.78, 5) is 12.1. The number of nitrogens with one attached hydrogen (secondary N) is 2. The highest BCUT2D eigenvalue weighted by Gasteiger charge is 2.43. The molecular weight excluding hydrogens is 226 g/mol. The predicted molar refractivity (Wildman–Crippen MR) is 71.1 cm³/mol. The Bertz CT molecular complexity index is 466. The van der Waals surface area contributed by atoms with Gasteiger partial charge in [0.15, 0.2) is 0 Å². The van der Waals surface area contributed by atoms with E-state index in [1.54, 1.807) is 5.01 Å². The lowest BCUT2D eigenvalue weighted by atomic mass is 9.90. The Labute approximate surface area is 107 Å². The van der Waals surface area contributed by atoms with Gasteiger partial charge in [-0.15, -0.1) is 0 Å². The summed E-state index contributed by atoms with van der Waals surface area (Å²) in [6.07, 6.45) is 5.65. The molecule has 1 spiro atoms. The molecular formula is C14H19N3O. The van der Waals surface area contributed by atoms with E-state index in [2.05, 4.69) is 10.7 Å². The third-order valence-corrected chi connectivity index (χ3v) is 3.84. The van der Waals surface area contributed by atoms with Crippen molar-refractivity contribution < 1.29 is 4.79 Å².